The van der Waals surface area contributed by atoms with Gasteiger partial charge in [-0.15, -0.1) is 0 Å². The second kappa shape index (κ2) is 7.05. The minimum absolute atomic E-state index is 0.0125. The Morgan fingerprint density at radius 2 is 1.93 bits per heavy atom. The third-order valence-corrected chi connectivity index (χ3v) is 4.91. The van der Waals surface area contributed by atoms with Gasteiger partial charge < -0.3 is 13.9 Å². The summed E-state index contributed by atoms with van der Waals surface area (Å²) in [5.41, 5.74) is 2.87. The number of hydrogen-bond donors (Lipinski definition) is 1. The molecule has 1 aliphatic rings. The Bertz CT molecular complexity index is 1070. The van der Waals surface area contributed by atoms with E-state index in [0.29, 0.717) is 6.61 Å². The molecule has 0 aliphatic carbocycles. The summed E-state index contributed by atoms with van der Waals surface area (Å²) >= 11 is 0. The van der Waals surface area contributed by atoms with Crippen molar-refractivity contribution in [3.05, 3.63) is 66.4 Å². The molecule has 4 aromatic rings. The zero-order valence-corrected chi connectivity index (χ0v) is 15.6. The van der Waals surface area contributed by atoms with Gasteiger partial charge >= 0.3 is 0 Å². The number of rotatable bonds is 5. The number of aromatic amines is 1. The van der Waals surface area contributed by atoms with Crippen molar-refractivity contribution in [2.75, 3.05) is 20.2 Å². The highest BCUT2D eigenvalue weighted by atomic mass is 16.6. The van der Waals surface area contributed by atoms with E-state index in [-0.39, 0.29) is 6.10 Å². The molecule has 1 atom stereocenters. The van der Waals surface area contributed by atoms with Crippen LogP contribution >= 0.6 is 0 Å². The largest absolute Gasteiger partial charge is 0.486 e. The fraction of sp³-hybridized carbons (Fsp3) is 0.227. The number of likely N-dealkylation sites (N-methyl/N-ethyl adjacent to an activating group) is 1. The summed E-state index contributed by atoms with van der Waals surface area (Å²) in [5.74, 6) is 2.41. The predicted octanol–water partition coefficient (Wildman–Crippen LogP) is 4.09. The van der Waals surface area contributed by atoms with Crippen molar-refractivity contribution in [2.45, 2.75) is 12.6 Å². The number of H-pyrrole nitrogens is 1. The van der Waals surface area contributed by atoms with E-state index >= 15 is 0 Å². The maximum atomic E-state index is 6.07. The zero-order chi connectivity index (χ0) is 18.9. The van der Waals surface area contributed by atoms with Crippen molar-refractivity contribution in [1.29, 1.82) is 0 Å². The highest BCUT2D eigenvalue weighted by molar-refractivity contribution is 5.82. The Labute approximate surface area is 162 Å². The van der Waals surface area contributed by atoms with Gasteiger partial charge in [-0.25, -0.2) is 0 Å². The molecule has 2 aromatic carbocycles. The molecule has 0 radical (unpaired) electrons. The zero-order valence-electron chi connectivity index (χ0n) is 15.6. The topological polar surface area (TPSA) is 63.5 Å². The third kappa shape index (κ3) is 3.23. The summed E-state index contributed by atoms with van der Waals surface area (Å²) in [6.45, 7) is 2.02. The first-order chi connectivity index (χ1) is 13.8. The number of fused-ring (bicyclic) bond motifs is 2. The van der Waals surface area contributed by atoms with E-state index in [1.165, 1.54) is 0 Å². The maximum Gasteiger partial charge on any atom is 0.161 e. The molecule has 28 heavy (non-hydrogen) atoms. The Balaban J connectivity index is 1.29. The van der Waals surface area contributed by atoms with Crippen molar-refractivity contribution in [3.8, 4) is 23.0 Å². The molecule has 2 aromatic heterocycles. The van der Waals surface area contributed by atoms with Crippen LogP contribution in [0.5, 0.6) is 11.5 Å². The van der Waals surface area contributed by atoms with Crippen LogP contribution in [-0.4, -0.2) is 41.4 Å². The minimum Gasteiger partial charge on any atom is -0.486 e. The van der Waals surface area contributed by atoms with E-state index in [1.807, 2.05) is 60.8 Å². The lowest BCUT2D eigenvalue weighted by atomic mass is 10.1. The molecule has 6 nitrogen and oxygen atoms in total. The van der Waals surface area contributed by atoms with Crippen LogP contribution in [0, 0.1) is 0 Å². The van der Waals surface area contributed by atoms with Gasteiger partial charge in [0.2, 0.25) is 0 Å². The Morgan fingerprint density at radius 3 is 2.82 bits per heavy atom. The van der Waals surface area contributed by atoms with Gasteiger partial charge in [0.05, 0.1) is 6.20 Å². The normalized spacial score (nSPS) is 16.0. The summed E-state index contributed by atoms with van der Waals surface area (Å²) in [6.07, 6.45) is 1.84. The van der Waals surface area contributed by atoms with Crippen LogP contribution in [0.15, 0.2) is 65.2 Å². The molecular weight excluding hydrogens is 354 g/mol. The van der Waals surface area contributed by atoms with E-state index < -0.39 is 0 Å². The van der Waals surface area contributed by atoms with E-state index in [4.69, 9.17) is 13.9 Å². The van der Waals surface area contributed by atoms with Crippen LogP contribution in [-0.2, 0) is 6.54 Å². The van der Waals surface area contributed by atoms with Crippen LogP contribution in [0.25, 0.3) is 22.4 Å². The molecule has 3 heterocycles. The van der Waals surface area contributed by atoms with Gasteiger partial charge in [-0.1, -0.05) is 30.3 Å². The fourth-order valence-corrected chi connectivity index (χ4v) is 3.61. The smallest absolute Gasteiger partial charge is 0.161 e. The number of furan rings is 1. The first-order valence-corrected chi connectivity index (χ1v) is 9.34. The van der Waals surface area contributed by atoms with E-state index in [2.05, 4.69) is 22.1 Å². The summed E-state index contributed by atoms with van der Waals surface area (Å²) in [5, 5.41) is 8.39. The van der Waals surface area contributed by atoms with Gasteiger partial charge in [-0.2, -0.15) is 5.10 Å². The van der Waals surface area contributed by atoms with Gasteiger partial charge in [-0.05, 0) is 31.3 Å². The van der Waals surface area contributed by atoms with Crippen molar-refractivity contribution in [2.24, 2.45) is 0 Å². The Kier molecular flexibility index (Phi) is 4.25. The van der Waals surface area contributed by atoms with E-state index in [9.17, 15) is 0 Å². The molecule has 0 spiro atoms. The Morgan fingerprint density at radius 1 is 1.11 bits per heavy atom. The number of nitrogens with one attached hydrogen (secondary N) is 1. The number of benzene rings is 2. The molecule has 6 heteroatoms. The SMILES string of the molecule is CN(Cc1cn[nH]c1-c1cc2ccccc2o1)CC1COc2ccccc2O1. The molecule has 5 rings (SSSR count). The van der Waals surface area contributed by atoms with Crippen molar-refractivity contribution >= 4 is 11.0 Å². The number of hydrogen-bond acceptors (Lipinski definition) is 5. The van der Waals surface area contributed by atoms with Crippen LogP contribution in [0.2, 0.25) is 0 Å². The lowest BCUT2D eigenvalue weighted by Crippen LogP contribution is -2.39. The maximum absolute atomic E-state index is 6.07. The number of ether oxygens (including phenoxy) is 2. The summed E-state index contributed by atoms with van der Waals surface area (Å²) in [7, 11) is 2.07. The van der Waals surface area contributed by atoms with Crippen molar-refractivity contribution in [1.82, 2.24) is 15.1 Å². The van der Waals surface area contributed by atoms with Crippen LogP contribution in [0.4, 0.5) is 0 Å². The highest BCUT2D eigenvalue weighted by Crippen LogP contribution is 2.32. The van der Waals surface area contributed by atoms with Crippen LogP contribution in [0.3, 0.4) is 0 Å². The first kappa shape index (κ1) is 16.9. The average molecular weight is 375 g/mol. The lowest BCUT2D eigenvalue weighted by Gasteiger charge is -2.29. The average Bonchev–Trinajstić information content (AvgIpc) is 3.34. The lowest BCUT2D eigenvalue weighted by molar-refractivity contribution is 0.0638. The molecule has 0 bridgehead atoms. The monoisotopic (exact) mass is 375 g/mol. The molecule has 0 amide bonds. The van der Waals surface area contributed by atoms with Gasteiger partial charge in [0.15, 0.2) is 17.3 Å². The second-order valence-electron chi connectivity index (χ2n) is 7.11. The summed E-state index contributed by atoms with van der Waals surface area (Å²) in [4.78, 5) is 2.21. The fourth-order valence-electron chi connectivity index (χ4n) is 3.61. The minimum atomic E-state index is -0.0125. The van der Waals surface area contributed by atoms with E-state index in [1.54, 1.807) is 0 Å². The van der Waals surface area contributed by atoms with Gasteiger partial charge in [0, 0.05) is 24.0 Å². The van der Waals surface area contributed by atoms with Crippen molar-refractivity contribution in [3.63, 3.8) is 0 Å². The second-order valence-corrected chi connectivity index (χ2v) is 7.11. The molecule has 1 aliphatic heterocycles. The van der Waals surface area contributed by atoms with Crippen molar-refractivity contribution < 1.29 is 13.9 Å². The summed E-state index contributed by atoms with van der Waals surface area (Å²) < 4.78 is 17.9. The van der Waals surface area contributed by atoms with Gasteiger partial charge in [0.1, 0.15) is 24.0 Å². The standard InChI is InChI=1S/C22H21N3O3/c1-25(13-17-14-26-19-8-4-5-9-20(19)27-17)12-16-11-23-24-22(16)21-10-15-6-2-3-7-18(15)28-21/h2-11,17H,12-14H2,1H3,(H,23,24). The number of aromatic nitrogens is 2. The van der Waals surface area contributed by atoms with Gasteiger partial charge in [0.25, 0.3) is 0 Å². The van der Waals surface area contributed by atoms with Crippen LogP contribution in [0.1, 0.15) is 5.56 Å². The van der Waals surface area contributed by atoms with Crippen LogP contribution < -0.4 is 9.47 Å². The quantitative estimate of drug-likeness (QED) is 0.569. The molecule has 0 saturated heterocycles. The molecule has 1 unspecified atom stereocenters. The highest BCUT2D eigenvalue weighted by Gasteiger charge is 2.23. The molecule has 1 N–H and O–H groups in total. The summed E-state index contributed by atoms with van der Waals surface area (Å²) in [6, 6.07) is 17.8. The predicted molar refractivity (Wildman–Crippen MR) is 106 cm³/mol. The Hall–Kier alpha value is -3.25. The number of para-hydroxylation sites is 3. The number of nitrogens with zero attached hydrogens (tertiary/aromatic N) is 2. The molecular formula is C22H21N3O3. The molecule has 0 fully saturated rings. The van der Waals surface area contributed by atoms with E-state index in [0.717, 1.165) is 52.6 Å². The first-order valence-electron chi connectivity index (χ1n) is 9.34. The van der Waals surface area contributed by atoms with Gasteiger partial charge in [-0.3, -0.25) is 10.00 Å². The molecule has 0 saturated carbocycles. The molecule has 142 valence electrons. The third-order valence-electron chi connectivity index (χ3n) is 4.91.